The largest absolute Gasteiger partial charge is 0.475 e. The average molecular weight is 635 g/mol. The minimum atomic E-state index is -4.16. The van der Waals surface area contributed by atoms with Crippen LogP contribution in [0.2, 0.25) is 0 Å². The minimum Gasteiger partial charge on any atom is -0.475 e. The van der Waals surface area contributed by atoms with E-state index in [2.05, 4.69) is 35.5 Å². The highest BCUT2D eigenvalue weighted by Gasteiger charge is 2.65. The molecule has 1 aliphatic heterocycles. The summed E-state index contributed by atoms with van der Waals surface area (Å²) in [6, 6.07) is 13.1. The maximum atomic E-state index is 14.5. The molecular weight excluding hydrogens is 588 g/mol. The molecule has 3 atom stereocenters. The van der Waals surface area contributed by atoms with Gasteiger partial charge in [0.05, 0.1) is 22.2 Å². The van der Waals surface area contributed by atoms with Gasteiger partial charge in [0, 0.05) is 28.7 Å². The van der Waals surface area contributed by atoms with Gasteiger partial charge in [-0.05, 0) is 88.1 Å². The Bertz CT molecular complexity index is 1690. The first kappa shape index (κ1) is 32.9. The van der Waals surface area contributed by atoms with Gasteiger partial charge >= 0.3 is 0 Å². The van der Waals surface area contributed by atoms with Crippen LogP contribution in [0.25, 0.3) is 11.3 Å². The fourth-order valence-corrected chi connectivity index (χ4v) is 7.77. The lowest BCUT2D eigenvalue weighted by Crippen LogP contribution is -2.50. The molecule has 242 valence electrons. The minimum absolute atomic E-state index is 0.00688. The topological polar surface area (TPSA) is 122 Å². The number of rotatable bonds is 6. The van der Waals surface area contributed by atoms with E-state index in [-0.39, 0.29) is 52.3 Å². The number of amides is 1. The highest BCUT2D eigenvalue weighted by atomic mass is 32.2. The number of anilines is 1. The van der Waals surface area contributed by atoms with Gasteiger partial charge < -0.3 is 14.7 Å². The first-order chi connectivity index (χ1) is 21.0. The van der Waals surface area contributed by atoms with Crippen molar-refractivity contribution < 1.29 is 23.1 Å². The molecule has 2 aromatic carbocycles. The second-order valence-electron chi connectivity index (χ2n) is 14.4. The Morgan fingerprint density at radius 1 is 1.04 bits per heavy atom. The number of sulfonamides is 1. The fraction of sp³-hybridized carbons (Fsp3) is 0.514. The number of carbonyl (C=O) groups excluding carboxylic acids is 1. The Kier molecular flexibility index (Phi) is 8.55. The van der Waals surface area contributed by atoms with Crippen LogP contribution in [-0.2, 0) is 10.0 Å². The number of nitrogens with one attached hydrogen (secondary N) is 1. The molecule has 1 unspecified atom stereocenters. The Morgan fingerprint density at radius 2 is 1.71 bits per heavy atom. The van der Waals surface area contributed by atoms with Crippen molar-refractivity contribution in [2.75, 3.05) is 11.3 Å². The van der Waals surface area contributed by atoms with Gasteiger partial charge in [0.25, 0.3) is 15.9 Å². The van der Waals surface area contributed by atoms with Crippen molar-refractivity contribution in [1.82, 2.24) is 14.9 Å². The monoisotopic (exact) mass is 634 g/mol. The zero-order chi connectivity index (χ0) is 32.9. The number of aryl methyl sites for hydroxylation is 2. The van der Waals surface area contributed by atoms with Gasteiger partial charge in [-0.2, -0.15) is 4.98 Å². The van der Waals surface area contributed by atoms with E-state index < -0.39 is 21.0 Å². The van der Waals surface area contributed by atoms with E-state index in [1.165, 1.54) is 12.1 Å². The quantitative estimate of drug-likeness (QED) is 0.316. The lowest BCUT2D eigenvalue weighted by Gasteiger charge is -2.38. The number of hydrogen-bond donors (Lipinski definition) is 2. The van der Waals surface area contributed by atoms with Crippen molar-refractivity contribution in [2.45, 2.75) is 104 Å². The molecule has 2 N–H and O–H groups in total. The molecule has 1 amide bonds. The number of benzene rings is 2. The smallest absolute Gasteiger partial charge is 0.264 e. The fourth-order valence-electron chi connectivity index (χ4n) is 6.78. The van der Waals surface area contributed by atoms with Crippen molar-refractivity contribution in [3.8, 4) is 17.1 Å². The van der Waals surface area contributed by atoms with Gasteiger partial charge in [-0.1, -0.05) is 52.0 Å². The van der Waals surface area contributed by atoms with Crippen LogP contribution >= 0.6 is 0 Å². The molecule has 2 heterocycles. The van der Waals surface area contributed by atoms with Gasteiger partial charge in [0.15, 0.2) is 0 Å². The number of fused-ring (bicyclic) bond motifs is 4. The predicted molar refractivity (Wildman–Crippen MR) is 176 cm³/mol. The van der Waals surface area contributed by atoms with Crippen molar-refractivity contribution >= 4 is 21.9 Å². The Labute approximate surface area is 267 Å². The van der Waals surface area contributed by atoms with E-state index in [1.807, 2.05) is 43.9 Å². The van der Waals surface area contributed by atoms with E-state index in [9.17, 15) is 18.3 Å². The standard InChI is InChI=1S/C35H46N4O5S/c1-9-35(34(7,8)41)20-28(35)39-25(16-17-33(4,5)6)21-44-29-19-27(30-22(2)12-10-13-23(30)3)36-32(37-29)38-45(42,43)26-15-11-14-24(18-26)31(39)40/h10-15,18-19,25,28,41H,9,16-17,20-21H2,1-8H3,(H,36,37,38)/t25-,28+,35?/m1/s1. The first-order valence-corrected chi connectivity index (χ1v) is 17.2. The molecular formula is C35H46N4O5S. The molecule has 0 spiro atoms. The van der Waals surface area contributed by atoms with Crippen molar-refractivity contribution in [2.24, 2.45) is 10.8 Å². The highest BCUT2D eigenvalue weighted by Crippen LogP contribution is 2.60. The Hall–Kier alpha value is -3.50. The summed E-state index contributed by atoms with van der Waals surface area (Å²) >= 11 is 0. The molecule has 1 aromatic heterocycles. The van der Waals surface area contributed by atoms with Gasteiger partial charge in [-0.15, -0.1) is 0 Å². The number of hydrogen-bond acceptors (Lipinski definition) is 7. The SMILES string of the molecule is CCC1(C(C)(C)O)C[C@@H]1N1C(=O)c2cccc(c2)S(=O)(=O)Nc2nc(cc(-c3c(C)cccc3C)n2)OC[C@H]1CCC(C)(C)C. The zero-order valence-corrected chi connectivity index (χ0v) is 28.5. The zero-order valence-electron chi connectivity index (χ0n) is 27.6. The number of carbonyl (C=O) groups is 1. The molecule has 0 radical (unpaired) electrons. The van der Waals surface area contributed by atoms with E-state index in [4.69, 9.17) is 4.74 Å². The van der Waals surface area contributed by atoms with Gasteiger partial charge in [0.2, 0.25) is 11.8 Å². The van der Waals surface area contributed by atoms with Crippen LogP contribution in [0.3, 0.4) is 0 Å². The van der Waals surface area contributed by atoms with Crippen LogP contribution in [0.4, 0.5) is 5.95 Å². The molecule has 1 aliphatic carbocycles. The number of aliphatic hydroxyl groups is 1. The molecule has 5 rings (SSSR count). The third-order valence-electron chi connectivity index (χ3n) is 9.56. The van der Waals surface area contributed by atoms with Crippen LogP contribution in [0.15, 0.2) is 53.4 Å². The summed E-state index contributed by atoms with van der Waals surface area (Å²) in [6.07, 6.45) is 2.79. The van der Waals surface area contributed by atoms with Crippen LogP contribution in [0, 0.1) is 24.7 Å². The maximum Gasteiger partial charge on any atom is 0.264 e. The molecule has 3 aromatic rings. The third-order valence-corrected chi connectivity index (χ3v) is 10.9. The molecule has 2 aliphatic rings. The second kappa shape index (κ2) is 11.7. The Balaban J connectivity index is 1.69. The molecule has 1 fully saturated rings. The van der Waals surface area contributed by atoms with Crippen molar-refractivity contribution in [1.29, 1.82) is 0 Å². The van der Waals surface area contributed by atoms with Gasteiger partial charge in [-0.25, -0.2) is 18.1 Å². The molecule has 9 nitrogen and oxygen atoms in total. The van der Waals surface area contributed by atoms with E-state index in [0.717, 1.165) is 23.1 Å². The van der Waals surface area contributed by atoms with Crippen LogP contribution < -0.4 is 9.46 Å². The highest BCUT2D eigenvalue weighted by molar-refractivity contribution is 7.92. The second-order valence-corrected chi connectivity index (χ2v) is 16.1. The molecule has 1 saturated carbocycles. The first-order valence-electron chi connectivity index (χ1n) is 15.7. The summed E-state index contributed by atoms with van der Waals surface area (Å²) in [7, 11) is -4.16. The number of aromatic nitrogens is 2. The third kappa shape index (κ3) is 6.58. The summed E-state index contributed by atoms with van der Waals surface area (Å²) in [5.41, 5.74) is 2.09. The van der Waals surface area contributed by atoms with E-state index in [0.29, 0.717) is 25.0 Å². The number of nitrogens with zero attached hydrogens (tertiary/aromatic N) is 3. The average Bonchev–Trinajstić information content (AvgIpc) is 3.69. The van der Waals surface area contributed by atoms with Crippen molar-refractivity contribution in [3.63, 3.8) is 0 Å². The van der Waals surface area contributed by atoms with Crippen LogP contribution in [0.1, 0.15) is 88.7 Å². The van der Waals surface area contributed by atoms with E-state index >= 15 is 0 Å². The summed E-state index contributed by atoms with van der Waals surface area (Å²) in [6.45, 7) is 16.2. The summed E-state index contributed by atoms with van der Waals surface area (Å²) in [5.74, 6) is -0.189. The lowest BCUT2D eigenvalue weighted by atomic mass is 9.83. The molecule has 0 saturated heterocycles. The van der Waals surface area contributed by atoms with Gasteiger partial charge in [-0.3, -0.25) is 4.79 Å². The summed E-state index contributed by atoms with van der Waals surface area (Å²) in [4.78, 5) is 25.4. The Morgan fingerprint density at radius 3 is 2.31 bits per heavy atom. The molecule has 10 heteroatoms. The summed E-state index contributed by atoms with van der Waals surface area (Å²) < 4.78 is 36.2. The molecule has 45 heavy (non-hydrogen) atoms. The predicted octanol–water partition coefficient (Wildman–Crippen LogP) is 6.53. The number of ether oxygens (including phenoxy) is 1. The summed E-state index contributed by atoms with van der Waals surface area (Å²) in [5, 5.41) is 11.3. The normalized spacial score (nSPS) is 23.2. The van der Waals surface area contributed by atoms with Crippen LogP contribution in [-0.4, -0.2) is 58.6 Å². The van der Waals surface area contributed by atoms with Gasteiger partial charge in [0.1, 0.15) is 6.61 Å². The van der Waals surface area contributed by atoms with Crippen molar-refractivity contribution in [3.05, 3.63) is 65.2 Å². The molecule has 4 bridgehead atoms. The van der Waals surface area contributed by atoms with Crippen LogP contribution in [0.5, 0.6) is 5.88 Å². The van der Waals surface area contributed by atoms with E-state index in [1.54, 1.807) is 32.0 Å². The lowest BCUT2D eigenvalue weighted by molar-refractivity contribution is -0.0199. The maximum absolute atomic E-state index is 14.5.